The molecule has 1 fully saturated rings. The Hall–Kier alpha value is -2.12. The predicted molar refractivity (Wildman–Crippen MR) is 103 cm³/mol. The highest BCUT2D eigenvalue weighted by atomic mass is 32.2. The number of amides is 1. The van der Waals surface area contributed by atoms with Crippen molar-refractivity contribution in [1.82, 2.24) is 10.3 Å². The van der Waals surface area contributed by atoms with Gasteiger partial charge in [-0.1, -0.05) is 6.07 Å². The summed E-state index contributed by atoms with van der Waals surface area (Å²) in [4.78, 5) is 17.9. The average molecular weight is 387 g/mol. The van der Waals surface area contributed by atoms with Gasteiger partial charge in [0.05, 0.1) is 6.20 Å². The van der Waals surface area contributed by atoms with Crippen LogP contribution in [0.3, 0.4) is 0 Å². The van der Waals surface area contributed by atoms with Crippen LogP contribution in [0.15, 0.2) is 35.4 Å². The topological polar surface area (TPSA) is 77.2 Å². The highest BCUT2D eigenvalue weighted by Crippen LogP contribution is 2.35. The number of halogens is 1. The van der Waals surface area contributed by atoms with Crippen molar-refractivity contribution >= 4 is 17.7 Å². The second-order valence-corrected chi connectivity index (χ2v) is 8.20. The first-order valence-corrected chi connectivity index (χ1v) is 10.2. The number of nitrogens with zero attached hydrogens (tertiary/aromatic N) is 1. The summed E-state index contributed by atoms with van der Waals surface area (Å²) in [6.07, 6.45) is 5.52. The quantitative estimate of drug-likeness (QED) is 0.837. The molecule has 4 rings (SSSR count). The normalized spacial score (nSPS) is 21.6. The molecular weight excluding hydrogens is 365 g/mol. The summed E-state index contributed by atoms with van der Waals surface area (Å²) in [6, 6.07) is 7.26. The van der Waals surface area contributed by atoms with Crippen molar-refractivity contribution in [2.75, 3.05) is 5.75 Å². The average Bonchev–Trinajstić information content (AvgIpc) is 3.13. The van der Waals surface area contributed by atoms with Crippen LogP contribution in [-0.2, 0) is 6.42 Å². The summed E-state index contributed by atoms with van der Waals surface area (Å²) in [6.45, 7) is 0. The highest BCUT2D eigenvalue weighted by molar-refractivity contribution is 7.99. The minimum atomic E-state index is -0.567. The van der Waals surface area contributed by atoms with E-state index >= 15 is 0 Å². The van der Waals surface area contributed by atoms with E-state index in [1.165, 1.54) is 16.5 Å². The minimum absolute atomic E-state index is 0.0461. The molecule has 1 aliphatic heterocycles. The smallest absolute Gasteiger partial charge is 0.257 e. The van der Waals surface area contributed by atoms with E-state index in [1.54, 1.807) is 11.8 Å². The van der Waals surface area contributed by atoms with Crippen molar-refractivity contribution in [3.8, 4) is 11.6 Å². The molecule has 2 aliphatic rings. The highest BCUT2D eigenvalue weighted by Gasteiger charge is 2.23. The molecule has 2 heterocycles. The molecule has 0 atom stereocenters. The van der Waals surface area contributed by atoms with Crippen molar-refractivity contribution in [3.05, 3.63) is 47.4 Å². The van der Waals surface area contributed by atoms with Crippen LogP contribution in [0.5, 0.6) is 11.6 Å². The maximum Gasteiger partial charge on any atom is 0.257 e. The number of carbonyl (C=O) groups excluding carboxylic acids is 1. The molecule has 5 nitrogen and oxygen atoms in total. The minimum Gasteiger partial charge on any atom is -0.438 e. The molecule has 0 saturated heterocycles. The van der Waals surface area contributed by atoms with E-state index < -0.39 is 5.82 Å². The molecule has 7 heteroatoms. The Kier molecular flexibility index (Phi) is 5.31. The van der Waals surface area contributed by atoms with E-state index in [-0.39, 0.29) is 29.4 Å². The molecule has 142 valence electrons. The number of ether oxygens (including phenoxy) is 1. The number of hydrogen-bond acceptors (Lipinski definition) is 5. The first-order valence-electron chi connectivity index (χ1n) is 9.24. The Morgan fingerprint density at radius 1 is 1.26 bits per heavy atom. The Balaban J connectivity index is 1.52. The van der Waals surface area contributed by atoms with E-state index in [0.717, 1.165) is 44.1 Å². The predicted octanol–water partition coefficient (Wildman–Crippen LogP) is 3.66. The summed E-state index contributed by atoms with van der Waals surface area (Å²) >= 11 is 1.78. The first-order chi connectivity index (χ1) is 13.1. The van der Waals surface area contributed by atoms with Crippen molar-refractivity contribution in [2.45, 2.75) is 49.1 Å². The van der Waals surface area contributed by atoms with Crippen molar-refractivity contribution in [2.24, 2.45) is 5.73 Å². The number of aryl methyl sites for hydroxylation is 1. The van der Waals surface area contributed by atoms with Gasteiger partial charge in [-0.15, -0.1) is 11.8 Å². The van der Waals surface area contributed by atoms with E-state index in [1.807, 2.05) is 18.2 Å². The maximum atomic E-state index is 13.7. The summed E-state index contributed by atoms with van der Waals surface area (Å²) in [7, 11) is 0. The van der Waals surface area contributed by atoms with Crippen LogP contribution in [-0.4, -0.2) is 28.7 Å². The fourth-order valence-electron chi connectivity index (χ4n) is 3.52. The largest absolute Gasteiger partial charge is 0.438 e. The van der Waals surface area contributed by atoms with Gasteiger partial charge in [-0.2, -0.15) is 0 Å². The summed E-state index contributed by atoms with van der Waals surface area (Å²) in [5, 5.41) is 2.97. The second kappa shape index (κ2) is 7.86. The third kappa shape index (κ3) is 4.25. The van der Waals surface area contributed by atoms with Crippen molar-refractivity contribution in [3.63, 3.8) is 0 Å². The fourth-order valence-corrected chi connectivity index (χ4v) is 4.62. The number of rotatable bonds is 4. The van der Waals surface area contributed by atoms with Crippen LogP contribution in [0.25, 0.3) is 0 Å². The Morgan fingerprint density at radius 2 is 2.07 bits per heavy atom. The van der Waals surface area contributed by atoms with Gasteiger partial charge >= 0.3 is 0 Å². The lowest BCUT2D eigenvalue weighted by atomic mass is 9.91. The number of thioether (sulfide) groups is 1. The number of nitrogens with one attached hydrogen (secondary N) is 1. The zero-order valence-electron chi connectivity index (χ0n) is 14.9. The van der Waals surface area contributed by atoms with Crippen LogP contribution >= 0.6 is 11.8 Å². The molecule has 27 heavy (non-hydrogen) atoms. The number of carbonyl (C=O) groups is 1. The number of pyridine rings is 1. The molecule has 1 amide bonds. The SMILES string of the molecule is N[C@H]1CC[C@@H](NC(=O)c2cc(F)cnc2Oc2ccc3c(c2)SCC3)CC1. The summed E-state index contributed by atoms with van der Waals surface area (Å²) in [5.74, 6) is 0.840. The fraction of sp³-hybridized carbons (Fsp3) is 0.400. The monoisotopic (exact) mass is 387 g/mol. The van der Waals surface area contributed by atoms with Crippen molar-refractivity contribution < 1.29 is 13.9 Å². The lowest BCUT2D eigenvalue weighted by Crippen LogP contribution is -2.40. The Bertz CT molecular complexity index is 853. The number of benzene rings is 1. The van der Waals surface area contributed by atoms with Crippen LogP contribution in [0.2, 0.25) is 0 Å². The molecule has 1 saturated carbocycles. The van der Waals surface area contributed by atoms with Gasteiger partial charge in [0, 0.05) is 22.7 Å². The zero-order chi connectivity index (χ0) is 18.8. The van der Waals surface area contributed by atoms with Crippen LogP contribution in [0, 0.1) is 5.82 Å². The third-order valence-corrected chi connectivity index (χ3v) is 6.15. The Labute approximate surface area is 161 Å². The number of fused-ring (bicyclic) bond motifs is 1. The molecule has 0 radical (unpaired) electrons. The molecular formula is C20H22FN3O2S. The summed E-state index contributed by atoms with van der Waals surface area (Å²) in [5.41, 5.74) is 7.32. The van der Waals surface area contributed by atoms with E-state index in [9.17, 15) is 9.18 Å². The van der Waals surface area contributed by atoms with Gasteiger partial charge in [0.25, 0.3) is 5.91 Å². The third-order valence-electron chi connectivity index (χ3n) is 5.05. The van der Waals surface area contributed by atoms with Gasteiger partial charge in [-0.05, 0) is 55.9 Å². The van der Waals surface area contributed by atoms with Gasteiger partial charge in [-0.3, -0.25) is 4.79 Å². The lowest BCUT2D eigenvalue weighted by Gasteiger charge is -2.27. The molecule has 1 aromatic carbocycles. The molecule has 0 unspecified atom stereocenters. The van der Waals surface area contributed by atoms with E-state index in [2.05, 4.69) is 10.3 Å². The number of nitrogens with two attached hydrogens (primary N) is 1. The van der Waals surface area contributed by atoms with Crippen molar-refractivity contribution in [1.29, 1.82) is 0 Å². The van der Waals surface area contributed by atoms with Crippen LogP contribution in [0.4, 0.5) is 4.39 Å². The van der Waals surface area contributed by atoms with E-state index in [4.69, 9.17) is 10.5 Å². The van der Waals surface area contributed by atoms with Crippen LogP contribution < -0.4 is 15.8 Å². The van der Waals surface area contributed by atoms with Gasteiger partial charge in [0.15, 0.2) is 0 Å². The molecule has 2 aromatic rings. The zero-order valence-corrected chi connectivity index (χ0v) is 15.7. The molecule has 0 spiro atoms. The van der Waals surface area contributed by atoms with Gasteiger partial charge < -0.3 is 15.8 Å². The van der Waals surface area contributed by atoms with Crippen LogP contribution in [0.1, 0.15) is 41.6 Å². The van der Waals surface area contributed by atoms with Gasteiger partial charge in [0.1, 0.15) is 17.1 Å². The first kappa shape index (κ1) is 18.3. The van der Waals surface area contributed by atoms with Gasteiger partial charge in [0.2, 0.25) is 5.88 Å². The number of aromatic nitrogens is 1. The molecule has 1 aliphatic carbocycles. The molecule has 0 bridgehead atoms. The lowest BCUT2D eigenvalue weighted by molar-refractivity contribution is 0.0922. The number of hydrogen-bond donors (Lipinski definition) is 2. The Morgan fingerprint density at radius 3 is 2.89 bits per heavy atom. The molecule has 3 N–H and O–H groups in total. The second-order valence-electron chi connectivity index (χ2n) is 7.06. The maximum absolute atomic E-state index is 13.7. The standard InChI is InChI=1S/C20H22FN3O2S/c21-13-9-17(19(25)24-15-4-2-14(22)3-5-15)20(23-11-13)26-16-6-1-12-7-8-27-18(12)10-16/h1,6,9-11,14-15H,2-5,7-8,22H2,(H,24,25)/t14-,15+. The summed E-state index contributed by atoms with van der Waals surface area (Å²) < 4.78 is 19.6. The van der Waals surface area contributed by atoms with E-state index in [0.29, 0.717) is 5.75 Å². The van der Waals surface area contributed by atoms with Gasteiger partial charge in [-0.25, -0.2) is 9.37 Å². The molecule has 1 aromatic heterocycles.